The topological polar surface area (TPSA) is 94.2 Å². The van der Waals surface area contributed by atoms with Gasteiger partial charge in [0.1, 0.15) is 11.4 Å². The minimum Gasteiger partial charge on any atom is -0.508 e. The Bertz CT molecular complexity index is 1260. The number of carbonyl (C=O) groups excluding carboxylic acids is 1. The lowest BCUT2D eigenvalue weighted by Crippen LogP contribution is -2.34. The van der Waals surface area contributed by atoms with E-state index in [9.17, 15) is 9.90 Å². The van der Waals surface area contributed by atoms with Crippen LogP contribution >= 0.6 is 11.8 Å². The first-order valence-corrected chi connectivity index (χ1v) is 11.4. The van der Waals surface area contributed by atoms with E-state index in [0.717, 1.165) is 22.6 Å². The number of aromatic hydroxyl groups is 1. The standard InChI is InChI=1S/C25H23N5O2S/c1-17-3-9-20(10-4-17)24-28-29-25(30(24)21-11-5-18(2)6-12-21)33-16-23(32)27-26-15-19-7-13-22(31)14-8-19/h3-15H,16H2,1-2H3,(H2,26,27,31,32)/p+1. The number of nitrogens with one attached hydrogen (secondary N) is 2. The van der Waals surface area contributed by atoms with E-state index in [0.29, 0.717) is 5.16 Å². The number of hydrazone groups is 1. The second kappa shape index (κ2) is 10.1. The molecule has 7 nitrogen and oxygen atoms in total. The van der Waals surface area contributed by atoms with Crippen molar-refractivity contribution in [1.82, 2.24) is 15.6 Å². The Labute approximate surface area is 196 Å². The average molecular weight is 459 g/mol. The van der Waals surface area contributed by atoms with Crippen LogP contribution in [0.25, 0.3) is 17.1 Å². The van der Waals surface area contributed by atoms with Crippen LogP contribution < -0.4 is 9.99 Å². The number of carbonyl (C=O) groups is 1. The molecule has 33 heavy (non-hydrogen) atoms. The second-order valence-corrected chi connectivity index (χ2v) is 8.51. The summed E-state index contributed by atoms with van der Waals surface area (Å²) in [6, 6.07) is 22.9. The minimum absolute atomic E-state index is 0.150. The van der Waals surface area contributed by atoms with E-state index in [-0.39, 0.29) is 17.4 Å². The Kier molecular flexibility index (Phi) is 6.85. The highest BCUT2D eigenvalue weighted by Crippen LogP contribution is 2.21. The van der Waals surface area contributed by atoms with E-state index in [1.54, 1.807) is 24.3 Å². The van der Waals surface area contributed by atoms with Crippen molar-refractivity contribution >= 4 is 23.9 Å². The van der Waals surface area contributed by atoms with Gasteiger partial charge < -0.3 is 5.11 Å². The molecule has 0 spiro atoms. The summed E-state index contributed by atoms with van der Waals surface area (Å²) in [5, 5.41) is 21.6. The molecule has 166 valence electrons. The van der Waals surface area contributed by atoms with Gasteiger partial charge in [0.25, 0.3) is 11.7 Å². The van der Waals surface area contributed by atoms with Gasteiger partial charge in [0.05, 0.1) is 22.6 Å². The molecule has 1 amide bonds. The molecule has 0 saturated heterocycles. The first-order valence-electron chi connectivity index (χ1n) is 10.4. The number of amides is 1. The molecule has 0 unspecified atom stereocenters. The van der Waals surface area contributed by atoms with Crippen LogP contribution in [0.1, 0.15) is 16.7 Å². The van der Waals surface area contributed by atoms with E-state index in [4.69, 9.17) is 0 Å². The number of aryl methyl sites for hydroxylation is 2. The first kappa shape index (κ1) is 22.3. The predicted molar refractivity (Wildman–Crippen MR) is 130 cm³/mol. The van der Waals surface area contributed by atoms with Gasteiger partial charge in [-0.15, -0.1) is 5.10 Å². The van der Waals surface area contributed by atoms with Crippen molar-refractivity contribution in [3.05, 3.63) is 89.5 Å². The normalized spacial score (nSPS) is 11.1. The third kappa shape index (κ3) is 5.67. The van der Waals surface area contributed by atoms with Gasteiger partial charge in [-0.3, -0.25) is 4.79 Å². The number of aromatic nitrogens is 3. The third-order valence-corrected chi connectivity index (χ3v) is 5.86. The van der Waals surface area contributed by atoms with Crippen molar-refractivity contribution in [2.45, 2.75) is 19.0 Å². The van der Waals surface area contributed by atoms with Crippen LogP contribution in [0.4, 0.5) is 0 Å². The summed E-state index contributed by atoms with van der Waals surface area (Å²) < 4.78 is 2.02. The Morgan fingerprint density at radius 3 is 2.33 bits per heavy atom. The zero-order chi connectivity index (χ0) is 23.2. The van der Waals surface area contributed by atoms with Gasteiger partial charge in [-0.05, 0) is 79.7 Å². The molecule has 3 aromatic carbocycles. The quantitative estimate of drug-likeness (QED) is 0.169. The summed E-state index contributed by atoms with van der Waals surface area (Å²) >= 11 is 1.32. The maximum atomic E-state index is 12.3. The molecular formula is C25H24N5O2S+. The van der Waals surface area contributed by atoms with Crippen LogP contribution in [0.3, 0.4) is 0 Å². The number of phenols is 1. The molecule has 0 aliphatic carbocycles. The zero-order valence-corrected chi connectivity index (χ0v) is 19.1. The monoisotopic (exact) mass is 458 g/mol. The molecule has 1 aromatic heterocycles. The van der Waals surface area contributed by atoms with E-state index in [1.807, 2.05) is 47.9 Å². The largest absolute Gasteiger partial charge is 0.508 e. The number of hydrogen-bond acceptors (Lipinski definition) is 5. The molecule has 4 rings (SSSR count). The Hall–Kier alpha value is -3.91. The summed E-state index contributed by atoms with van der Waals surface area (Å²) in [4.78, 5) is 12.3. The van der Waals surface area contributed by atoms with Crippen molar-refractivity contribution in [1.29, 1.82) is 0 Å². The van der Waals surface area contributed by atoms with Gasteiger partial charge in [-0.25, -0.2) is 5.43 Å². The number of hydrogen-bond donors (Lipinski definition) is 3. The number of rotatable bonds is 7. The van der Waals surface area contributed by atoms with Gasteiger partial charge in [0.2, 0.25) is 0 Å². The van der Waals surface area contributed by atoms with Gasteiger partial charge in [0, 0.05) is 0 Å². The van der Waals surface area contributed by atoms with E-state index >= 15 is 0 Å². The average Bonchev–Trinajstić information content (AvgIpc) is 3.24. The van der Waals surface area contributed by atoms with Gasteiger partial charge >= 0.3 is 5.16 Å². The molecule has 0 aliphatic rings. The molecule has 0 fully saturated rings. The molecule has 4 aromatic rings. The van der Waals surface area contributed by atoms with E-state index < -0.39 is 0 Å². The first-order chi connectivity index (χ1) is 16.0. The molecule has 0 aliphatic heterocycles. The Balaban J connectivity index is 1.51. The molecule has 8 heteroatoms. The van der Waals surface area contributed by atoms with Gasteiger partial charge in [-0.2, -0.15) is 9.67 Å². The molecule has 0 bridgehead atoms. The van der Waals surface area contributed by atoms with Crippen molar-refractivity contribution in [2.24, 2.45) is 5.10 Å². The fourth-order valence-corrected chi connectivity index (χ4v) is 3.89. The fourth-order valence-electron chi connectivity index (χ4n) is 3.13. The van der Waals surface area contributed by atoms with E-state index in [2.05, 4.69) is 39.8 Å². The van der Waals surface area contributed by atoms with Crippen LogP contribution in [-0.2, 0) is 4.79 Å². The molecule has 3 N–H and O–H groups in total. The summed E-state index contributed by atoms with van der Waals surface area (Å²) in [7, 11) is 0. The highest BCUT2D eigenvalue weighted by Gasteiger charge is 2.24. The minimum atomic E-state index is -0.245. The highest BCUT2D eigenvalue weighted by atomic mass is 32.2. The van der Waals surface area contributed by atoms with Crippen LogP contribution in [0.15, 0.2) is 83.1 Å². The molecule has 0 radical (unpaired) electrons. The summed E-state index contributed by atoms with van der Waals surface area (Å²) in [6.07, 6.45) is 1.53. The third-order valence-electron chi connectivity index (χ3n) is 4.92. The molecule has 1 heterocycles. The molecule has 0 atom stereocenters. The van der Waals surface area contributed by atoms with Crippen LogP contribution in [-0.4, -0.2) is 33.2 Å². The highest BCUT2D eigenvalue weighted by molar-refractivity contribution is 7.99. The Morgan fingerprint density at radius 2 is 1.67 bits per heavy atom. The zero-order valence-electron chi connectivity index (χ0n) is 18.3. The molecule has 0 saturated carbocycles. The summed E-state index contributed by atoms with van der Waals surface area (Å²) in [5.74, 6) is 0.924. The smallest absolute Gasteiger partial charge is 0.342 e. The van der Waals surface area contributed by atoms with Crippen molar-refractivity contribution in [3.8, 4) is 22.8 Å². The number of phenolic OH excluding ortho intramolecular Hbond substituents is 1. The Morgan fingerprint density at radius 1 is 1.03 bits per heavy atom. The summed E-state index contributed by atoms with van der Waals surface area (Å²) in [5.41, 5.74) is 7.60. The predicted octanol–water partition coefficient (Wildman–Crippen LogP) is 3.92. The number of benzene rings is 3. The van der Waals surface area contributed by atoms with Gasteiger partial charge in [0.15, 0.2) is 0 Å². The number of thioether (sulfide) groups is 1. The SMILES string of the molecule is Cc1ccc(-c2[nH]nc(SCC(=O)NN=Cc3ccc(O)cc3)[n+]2-c2ccc(C)cc2)cc1. The molecular weight excluding hydrogens is 434 g/mol. The second-order valence-electron chi connectivity index (χ2n) is 7.57. The maximum Gasteiger partial charge on any atom is 0.342 e. The van der Waals surface area contributed by atoms with Crippen LogP contribution in [0.5, 0.6) is 5.75 Å². The fraction of sp³-hybridized carbons (Fsp3) is 0.120. The number of aromatic amines is 1. The number of H-pyrrole nitrogens is 1. The van der Waals surface area contributed by atoms with Crippen LogP contribution in [0.2, 0.25) is 0 Å². The lowest BCUT2D eigenvalue weighted by molar-refractivity contribution is -0.625. The van der Waals surface area contributed by atoms with Crippen LogP contribution in [0, 0.1) is 13.8 Å². The summed E-state index contributed by atoms with van der Waals surface area (Å²) in [6.45, 7) is 4.10. The van der Waals surface area contributed by atoms with E-state index in [1.165, 1.54) is 29.1 Å². The van der Waals surface area contributed by atoms with Crippen molar-refractivity contribution < 1.29 is 14.5 Å². The number of nitrogens with zero attached hydrogens (tertiary/aromatic N) is 3. The van der Waals surface area contributed by atoms with Crippen molar-refractivity contribution in [3.63, 3.8) is 0 Å². The lowest BCUT2D eigenvalue weighted by atomic mass is 10.1. The van der Waals surface area contributed by atoms with Gasteiger partial charge in [-0.1, -0.05) is 35.4 Å². The van der Waals surface area contributed by atoms with Crippen molar-refractivity contribution in [2.75, 3.05) is 5.75 Å². The maximum absolute atomic E-state index is 12.3. The lowest BCUT2D eigenvalue weighted by Gasteiger charge is -2.05.